The molecule has 32 heteroatoms. The second-order valence-electron chi connectivity index (χ2n) is 19.5. The lowest BCUT2D eigenvalue weighted by molar-refractivity contribution is -0.392. The van der Waals surface area contributed by atoms with Crippen LogP contribution in [0.3, 0.4) is 0 Å². The van der Waals surface area contributed by atoms with Crippen molar-refractivity contribution in [2.24, 2.45) is 5.92 Å². The van der Waals surface area contributed by atoms with Crippen molar-refractivity contribution in [1.82, 2.24) is 76.3 Å². The number of carbonyl (C=O) groups excluding carboxylic acids is 6. The average Bonchev–Trinajstić information content (AvgIpc) is 4.51. The monoisotopic (exact) mass is 1240 g/mol. The fraction of sp³-hybridized carbons (Fsp3) is 0.333. The normalized spacial score (nSPS) is 18.6. The first-order valence-electron chi connectivity index (χ1n) is 25.5. The first-order valence-corrected chi connectivity index (χ1v) is 30.8. The first-order chi connectivity index (χ1) is 39.7. The van der Waals surface area contributed by atoms with E-state index in [4.69, 9.17) is 15.0 Å². The summed E-state index contributed by atoms with van der Waals surface area (Å²) in [5.41, 5.74) is 1.05. The summed E-state index contributed by atoms with van der Waals surface area (Å²) in [6.45, 7) is 10.1. The molecule has 430 valence electrons. The molecule has 8 N–H and O–H groups in total. The molecule has 1 aliphatic heterocycles. The van der Waals surface area contributed by atoms with Crippen LogP contribution in [-0.2, 0) is 16.1 Å². The number of nitrogens with zero attached hydrogens (tertiary/aromatic N) is 10. The van der Waals surface area contributed by atoms with E-state index in [0.29, 0.717) is 72.0 Å². The van der Waals surface area contributed by atoms with Crippen LogP contribution in [0.4, 0.5) is 5.82 Å². The number of pyridine rings is 1. The van der Waals surface area contributed by atoms with Gasteiger partial charge in [-0.25, -0.2) is 44.4 Å². The maximum Gasteiger partial charge on any atom is 0.342 e. The van der Waals surface area contributed by atoms with Crippen molar-refractivity contribution >= 4 is 115 Å². The van der Waals surface area contributed by atoms with Crippen LogP contribution in [0.5, 0.6) is 0 Å². The van der Waals surface area contributed by atoms with Gasteiger partial charge in [-0.1, -0.05) is 19.9 Å². The number of carbonyl (C=O) groups is 6. The highest BCUT2D eigenvalue weighted by Gasteiger charge is 2.51. The Morgan fingerprint density at radius 3 is 1.94 bits per heavy atom. The summed E-state index contributed by atoms with van der Waals surface area (Å²) in [5.74, 6) is -3.60. The number of rotatable bonds is 12. The number of aliphatic hydroxyl groups excluding tert-OH is 2. The van der Waals surface area contributed by atoms with E-state index in [9.17, 15) is 49.1 Å². The maximum absolute atomic E-state index is 13.9. The van der Waals surface area contributed by atoms with Crippen molar-refractivity contribution < 1.29 is 43.9 Å². The Morgan fingerprint density at radius 1 is 0.723 bits per heavy atom. The van der Waals surface area contributed by atoms with Gasteiger partial charge >= 0.3 is 5.82 Å². The van der Waals surface area contributed by atoms with E-state index in [-0.39, 0.29) is 58.3 Å². The van der Waals surface area contributed by atoms with Crippen LogP contribution in [0.2, 0.25) is 0 Å². The largest absolute Gasteiger partial charge is 0.391 e. The molecular weight excluding hydrogens is 1190 g/mol. The van der Waals surface area contributed by atoms with Gasteiger partial charge in [0.25, 0.3) is 23.6 Å². The molecule has 10 rings (SSSR count). The second-order valence-corrected chi connectivity index (χ2v) is 24.7. The van der Waals surface area contributed by atoms with Crippen LogP contribution < -0.4 is 31.9 Å². The van der Waals surface area contributed by atoms with Crippen LogP contribution in [0.1, 0.15) is 122 Å². The summed E-state index contributed by atoms with van der Waals surface area (Å²) >= 11 is 6.95. The molecule has 9 heterocycles. The summed E-state index contributed by atoms with van der Waals surface area (Å²) in [7, 11) is 0. The zero-order valence-electron chi connectivity index (χ0n) is 44.6. The van der Waals surface area contributed by atoms with Crippen molar-refractivity contribution in [3.8, 4) is 43.4 Å². The Labute approximate surface area is 495 Å². The van der Waals surface area contributed by atoms with Gasteiger partial charge < -0.3 is 52.2 Å². The lowest BCUT2D eigenvalue weighted by Crippen LogP contribution is -2.52. The molecule has 2 aliphatic rings. The SMILES string of the molecule is C/C=C1\NC(=O)[C@H]([C@@H](C)O)NC(=O)c2csc(n2)-c2ccc(-c3nc(-c4nc(C(=O)NC5(C(=O)NCCn6c([N+](=O)[O-])cnc6C)CC5)cs4)cs3)nc2-c2csc(n2)[C@H]([C@@H](C)O)NC(=O)c2csc(n2)[C@H](C(C)C)NC(=O)c2csc1n2. The molecule has 83 heavy (non-hydrogen) atoms. The predicted octanol–water partition coefficient (Wildman–Crippen LogP) is 5.93. The molecule has 6 amide bonds. The maximum atomic E-state index is 13.9. The Hall–Kier alpha value is -7.98. The lowest BCUT2D eigenvalue weighted by atomic mass is 10.1. The number of hydrogen-bond acceptors (Lipinski definition) is 24. The molecule has 8 aromatic heterocycles. The number of hydrogen-bond donors (Lipinski definition) is 8. The van der Waals surface area contributed by atoms with Gasteiger partial charge in [0, 0.05) is 44.8 Å². The van der Waals surface area contributed by atoms with E-state index < -0.39 is 76.2 Å². The van der Waals surface area contributed by atoms with Crippen LogP contribution >= 0.6 is 68.0 Å². The van der Waals surface area contributed by atoms with Gasteiger partial charge in [-0.05, 0) is 56.6 Å². The number of nitro groups is 1. The van der Waals surface area contributed by atoms with Gasteiger partial charge in [-0.2, -0.15) is 0 Å². The molecule has 26 nitrogen and oxygen atoms in total. The van der Waals surface area contributed by atoms with E-state index in [1.54, 1.807) is 53.6 Å². The molecular formula is C51H50N16O10S6. The molecule has 1 fully saturated rings. The third-order valence-corrected chi connectivity index (χ3v) is 18.6. The van der Waals surface area contributed by atoms with Gasteiger partial charge in [-0.3, -0.25) is 28.8 Å². The van der Waals surface area contributed by atoms with E-state index in [1.807, 2.05) is 13.8 Å². The van der Waals surface area contributed by atoms with Crippen LogP contribution in [0, 0.1) is 23.0 Å². The molecule has 8 bridgehead atoms. The number of thiazole rings is 6. The number of nitrogens with one attached hydrogen (secondary N) is 6. The van der Waals surface area contributed by atoms with Crippen molar-refractivity contribution in [3.05, 3.63) is 110 Å². The van der Waals surface area contributed by atoms with E-state index in [1.165, 1.54) is 63.2 Å². The fourth-order valence-electron chi connectivity index (χ4n) is 8.57. The summed E-state index contributed by atoms with van der Waals surface area (Å²) in [6, 6.07) is 0.326. The molecule has 0 spiro atoms. The highest BCUT2D eigenvalue weighted by atomic mass is 32.1. The minimum Gasteiger partial charge on any atom is -0.391 e. The third kappa shape index (κ3) is 12.4. The number of aryl methyl sites for hydroxylation is 1. The summed E-state index contributed by atoms with van der Waals surface area (Å²) in [6.07, 6.45) is 0.996. The Morgan fingerprint density at radius 2 is 1.28 bits per heavy atom. The standard InChI is InChI=1S/C51H50N16O10S6/c1-7-26-45-58-30(17-79-45)39(70)62-35(21(2)3)48-60-31(18-83-48)41(72)64-37(23(5)69)49-56-28(15-82-49)38-25(44-57-29(16-78-44)40(71)63-36(22(4)68)43(74)55-26)8-9-27(54-38)46-61-33(20-81-46)47-59-32(19-80-47)42(73)65-51(10-11-51)50(75)52-12-13-66-24(6)53-14-34(66)67(76)77/h7-9,14-23,35-37,68-69H,10-13H2,1-6H3,(H,52,75)(H,55,74)(H,62,70)(H,63,71)(H,64,72)(H,65,73)/b26-7-/t22-,23-,35+,36+,37+/m1/s1. The number of imidazole rings is 1. The zero-order valence-corrected chi connectivity index (χ0v) is 49.5. The smallest absolute Gasteiger partial charge is 0.342 e. The van der Waals surface area contributed by atoms with Crippen molar-refractivity contribution in [2.75, 3.05) is 6.54 Å². The number of aliphatic hydroxyl groups is 2. The summed E-state index contributed by atoms with van der Waals surface area (Å²) in [4.78, 5) is 130. The van der Waals surface area contributed by atoms with Gasteiger partial charge in [0.2, 0.25) is 11.8 Å². The van der Waals surface area contributed by atoms with Crippen LogP contribution in [-0.4, -0.2) is 125 Å². The Bertz CT molecular complexity index is 3860. The second kappa shape index (κ2) is 24.1. The average molecular weight is 1240 g/mol. The van der Waals surface area contributed by atoms with E-state index >= 15 is 0 Å². The molecule has 0 unspecified atom stereocenters. The van der Waals surface area contributed by atoms with E-state index in [2.05, 4.69) is 56.8 Å². The third-order valence-electron chi connectivity index (χ3n) is 13.3. The predicted molar refractivity (Wildman–Crippen MR) is 311 cm³/mol. The van der Waals surface area contributed by atoms with Crippen molar-refractivity contribution in [2.45, 2.75) is 96.8 Å². The van der Waals surface area contributed by atoms with Crippen LogP contribution in [0.15, 0.2) is 56.7 Å². The van der Waals surface area contributed by atoms with Gasteiger partial charge in [0.05, 0.1) is 36.2 Å². The number of allylic oxidation sites excluding steroid dienone is 1. The van der Waals surface area contributed by atoms with Crippen molar-refractivity contribution in [1.29, 1.82) is 0 Å². The minimum atomic E-state index is -1.46. The highest BCUT2D eigenvalue weighted by molar-refractivity contribution is 7.15. The highest BCUT2D eigenvalue weighted by Crippen LogP contribution is 2.39. The van der Waals surface area contributed by atoms with E-state index in [0.717, 1.165) is 40.2 Å². The molecule has 5 atom stereocenters. The van der Waals surface area contributed by atoms with Crippen LogP contribution in [0.25, 0.3) is 49.1 Å². The van der Waals surface area contributed by atoms with Gasteiger partial charge in [0.15, 0.2) is 5.82 Å². The molecule has 1 saturated carbocycles. The van der Waals surface area contributed by atoms with Gasteiger partial charge in [-0.15, -0.1) is 68.0 Å². The van der Waals surface area contributed by atoms with Crippen molar-refractivity contribution in [3.63, 3.8) is 0 Å². The molecule has 1 aliphatic carbocycles. The molecule has 0 radical (unpaired) electrons. The number of aromatic nitrogens is 9. The summed E-state index contributed by atoms with van der Waals surface area (Å²) < 4.78 is 1.39. The Kier molecular flexibility index (Phi) is 16.9. The summed E-state index contributed by atoms with van der Waals surface area (Å²) in [5, 5.41) is 62.0. The topological polar surface area (TPSA) is 366 Å². The molecule has 0 saturated heterocycles. The first kappa shape index (κ1) is 58.2. The lowest BCUT2D eigenvalue weighted by Gasteiger charge is -2.21. The quantitative estimate of drug-likeness (QED) is 0.0519. The molecule has 0 aromatic carbocycles. The molecule has 8 aromatic rings. The van der Waals surface area contributed by atoms with Gasteiger partial charge in [0.1, 0.15) is 100 Å². The number of fused-ring (bicyclic) bond motifs is 11. The Balaban J connectivity index is 0.933. The number of amides is 6. The minimum absolute atomic E-state index is 0.0490. The fourth-order valence-corrected chi connectivity index (χ4v) is 13.8. The zero-order chi connectivity index (χ0) is 59.0.